The van der Waals surface area contributed by atoms with Crippen LogP contribution in [0.5, 0.6) is 0 Å². The van der Waals surface area contributed by atoms with Crippen LogP contribution in [0.3, 0.4) is 0 Å². The fourth-order valence-electron chi connectivity index (χ4n) is 0.969. The first-order valence-electron chi connectivity index (χ1n) is 4.09. The van der Waals surface area contributed by atoms with Crippen molar-refractivity contribution in [2.75, 3.05) is 0 Å². The second-order valence-corrected chi connectivity index (χ2v) is 4.16. The second kappa shape index (κ2) is 5.14. The van der Waals surface area contributed by atoms with Crippen molar-refractivity contribution in [1.82, 2.24) is 0 Å². The van der Waals surface area contributed by atoms with Gasteiger partial charge < -0.3 is 11.5 Å². The highest BCUT2D eigenvalue weighted by molar-refractivity contribution is 9.10. The Morgan fingerprint density at radius 2 is 2.00 bits per heavy atom. The van der Waals surface area contributed by atoms with Gasteiger partial charge in [0.05, 0.1) is 10.7 Å². The third-order valence-electron chi connectivity index (χ3n) is 1.64. The van der Waals surface area contributed by atoms with Gasteiger partial charge in [-0.2, -0.15) is 5.10 Å². The van der Waals surface area contributed by atoms with Crippen molar-refractivity contribution in [3.8, 4) is 0 Å². The molecule has 0 aliphatic rings. The maximum atomic E-state index is 6.02. The summed E-state index contributed by atoms with van der Waals surface area (Å²) in [5.41, 5.74) is 11.8. The fraction of sp³-hybridized carbons (Fsp3) is 0.111. The first kappa shape index (κ1) is 12.0. The molecular weight excluding hydrogens is 279 g/mol. The normalized spacial score (nSPS) is 11.3. The Hall–Kier alpha value is -1.07. The maximum absolute atomic E-state index is 6.02. The van der Waals surface area contributed by atoms with Crippen LogP contribution in [0.15, 0.2) is 32.9 Å². The molecule has 15 heavy (non-hydrogen) atoms. The molecule has 0 saturated carbocycles. The van der Waals surface area contributed by atoms with Crippen LogP contribution in [0.1, 0.15) is 12.5 Å². The van der Waals surface area contributed by atoms with E-state index >= 15 is 0 Å². The molecular formula is C9H10BrClN4. The van der Waals surface area contributed by atoms with Gasteiger partial charge in [0.2, 0.25) is 5.96 Å². The Bertz CT molecular complexity index is 424. The van der Waals surface area contributed by atoms with Crippen LogP contribution < -0.4 is 11.5 Å². The Morgan fingerprint density at radius 1 is 1.33 bits per heavy atom. The number of guanidine groups is 1. The molecule has 0 aromatic heterocycles. The first-order valence-corrected chi connectivity index (χ1v) is 5.26. The van der Waals surface area contributed by atoms with Crippen molar-refractivity contribution < 1.29 is 0 Å². The predicted molar refractivity (Wildman–Crippen MR) is 67.2 cm³/mol. The molecule has 0 saturated heterocycles. The Kier molecular flexibility index (Phi) is 4.11. The van der Waals surface area contributed by atoms with Crippen molar-refractivity contribution in [1.29, 1.82) is 0 Å². The summed E-state index contributed by atoms with van der Waals surface area (Å²) in [7, 11) is 0. The van der Waals surface area contributed by atoms with Gasteiger partial charge in [-0.25, -0.2) is 0 Å². The Labute approximate surface area is 101 Å². The molecule has 0 spiro atoms. The molecule has 4 N–H and O–H groups in total. The first-order chi connectivity index (χ1) is 7.00. The minimum absolute atomic E-state index is 0.0809. The fourth-order valence-corrected chi connectivity index (χ4v) is 1.78. The zero-order chi connectivity index (χ0) is 11.4. The molecule has 0 aliphatic carbocycles. The van der Waals surface area contributed by atoms with Crippen molar-refractivity contribution in [3.63, 3.8) is 0 Å². The van der Waals surface area contributed by atoms with Gasteiger partial charge in [0.1, 0.15) is 0 Å². The number of benzene rings is 1. The van der Waals surface area contributed by atoms with Crippen LogP contribution in [0.2, 0.25) is 5.02 Å². The molecule has 4 nitrogen and oxygen atoms in total. The zero-order valence-corrected chi connectivity index (χ0v) is 10.4. The maximum Gasteiger partial charge on any atom is 0.211 e. The highest BCUT2D eigenvalue weighted by Gasteiger charge is 2.03. The Balaban J connectivity index is 3.06. The van der Waals surface area contributed by atoms with E-state index in [-0.39, 0.29) is 5.96 Å². The number of hydrogen-bond donors (Lipinski definition) is 2. The van der Waals surface area contributed by atoms with Crippen molar-refractivity contribution in [3.05, 3.63) is 33.3 Å². The topological polar surface area (TPSA) is 76.8 Å². The number of hydrogen-bond acceptors (Lipinski definition) is 2. The molecule has 1 aromatic carbocycles. The highest BCUT2D eigenvalue weighted by atomic mass is 79.9. The van der Waals surface area contributed by atoms with Crippen LogP contribution in [-0.2, 0) is 0 Å². The molecule has 1 aromatic rings. The van der Waals surface area contributed by atoms with Crippen LogP contribution in [0, 0.1) is 0 Å². The second-order valence-electron chi connectivity index (χ2n) is 2.83. The Morgan fingerprint density at radius 3 is 2.53 bits per heavy atom. The minimum Gasteiger partial charge on any atom is -0.369 e. The van der Waals surface area contributed by atoms with Gasteiger partial charge in [-0.3, -0.25) is 0 Å². The van der Waals surface area contributed by atoms with Gasteiger partial charge in [-0.15, -0.1) is 5.10 Å². The van der Waals surface area contributed by atoms with Crippen LogP contribution in [0.25, 0.3) is 0 Å². The molecule has 0 aliphatic heterocycles. The van der Waals surface area contributed by atoms with E-state index in [1.807, 2.05) is 12.1 Å². The number of nitrogens with zero attached hydrogens (tertiary/aromatic N) is 2. The van der Waals surface area contributed by atoms with Gasteiger partial charge in [-0.1, -0.05) is 33.6 Å². The lowest BCUT2D eigenvalue weighted by molar-refractivity contribution is 1.20. The summed E-state index contributed by atoms with van der Waals surface area (Å²) in [6, 6.07) is 5.49. The molecule has 0 unspecified atom stereocenters. The quantitative estimate of drug-likeness (QED) is 0.497. The summed E-state index contributed by atoms with van der Waals surface area (Å²) in [5, 5.41) is 7.99. The van der Waals surface area contributed by atoms with Crippen LogP contribution >= 0.6 is 27.5 Å². The predicted octanol–water partition coefficient (Wildman–Crippen LogP) is 2.10. The summed E-state index contributed by atoms with van der Waals surface area (Å²) in [6.45, 7) is 1.78. The summed E-state index contributed by atoms with van der Waals surface area (Å²) in [4.78, 5) is 0. The molecule has 6 heteroatoms. The van der Waals surface area contributed by atoms with Crippen LogP contribution in [-0.4, -0.2) is 11.7 Å². The van der Waals surface area contributed by atoms with Gasteiger partial charge in [0, 0.05) is 10.0 Å². The van der Waals surface area contributed by atoms with Crippen molar-refractivity contribution >= 4 is 39.2 Å². The minimum atomic E-state index is -0.0809. The molecule has 1 rings (SSSR count). The van der Waals surface area contributed by atoms with E-state index in [1.54, 1.807) is 13.0 Å². The smallest absolute Gasteiger partial charge is 0.211 e. The van der Waals surface area contributed by atoms with E-state index in [2.05, 4.69) is 26.1 Å². The summed E-state index contributed by atoms with van der Waals surface area (Å²) < 4.78 is 0.908. The zero-order valence-electron chi connectivity index (χ0n) is 8.04. The third-order valence-corrected chi connectivity index (χ3v) is 2.44. The summed E-state index contributed by atoms with van der Waals surface area (Å²) >= 11 is 9.33. The third kappa shape index (κ3) is 3.53. The molecule has 0 radical (unpaired) electrons. The lowest BCUT2D eigenvalue weighted by Crippen LogP contribution is -2.22. The number of halogens is 2. The largest absolute Gasteiger partial charge is 0.369 e. The van der Waals surface area contributed by atoms with Gasteiger partial charge >= 0.3 is 0 Å². The average molecular weight is 290 g/mol. The van der Waals surface area contributed by atoms with E-state index in [1.165, 1.54) is 0 Å². The van der Waals surface area contributed by atoms with Crippen molar-refractivity contribution in [2.24, 2.45) is 21.7 Å². The van der Waals surface area contributed by atoms with Crippen molar-refractivity contribution in [2.45, 2.75) is 6.92 Å². The monoisotopic (exact) mass is 288 g/mol. The SMILES string of the molecule is C/C(=N/N=C(N)N)c1ccc(Br)cc1Cl. The van der Waals surface area contributed by atoms with E-state index in [9.17, 15) is 0 Å². The summed E-state index contributed by atoms with van der Waals surface area (Å²) in [5.74, 6) is -0.0809. The lowest BCUT2D eigenvalue weighted by Gasteiger charge is -2.02. The molecule has 0 bridgehead atoms. The van der Waals surface area contributed by atoms with E-state index in [4.69, 9.17) is 23.1 Å². The van der Waals surface area contributed by atoms with Crippen LogP contribution in [0.4, 0.5) is 0 Å². The average Bonchev–Trinajstić information content (AvgIpc) is 2.14. The molecule has 0 heterocycles. The lowest BCUT2D eigenvalue weighted by atomic mass is 10.1. The number of nitrogens with two attached hydrogens (primary N) is 2. The molecule has 80 valence electrons. The van der Waals surface area contributed by atoms with E-state index < -0.39 is 0 Å². The highest BCUT2D eigenvalue weighted by Crippen LogP contribution is 2.21. The molecule has 0 amide bonds. The van der Waals surface area contributed by atoms with E-state index in [0.717, 1.165) is 10.0 Å². The van der Waals surface area contributed by atoms with E-state index in [0.29, 0.717) is 10.7 Å². The molecule has 0 fully saturated rings. The van der Waals surface area contributed by atoms with Gasteiger partial charge in [0.25, 0.3) is 0 Å². The standard InChI is InChI=1S/C9H10BrClN4/c1-5(14-15-9(12)13)7-3-2-6(10)4-8(7)11/h2-4H,1H3,(H4,12,13,15)/b14-5-. The summed E-state index contributed by atoms with van der Waals surface area (Å²) in [6.07, 6.45) is 0. The molecule has 0 atom stereocenters. The number of rotatable bonds is 2. The van der Waals surface area contributed by atoms with Gasteiger partial charge in [-0.05, 0) is 19.1 Å². The van der Waals surface area contributed by atoms with Gasteiger partial charge in [0.15, 0.2) is 0 Å².